The van der Waals surface area contributed by atoms with Gasteiger partial charge in [0.2, 0.25) is 5.91 Å². The predicted molar refractivity (Wildman–Crippen MR) is 108 cm³/mol. The zero-order valence-corrected chi connectivity index (χ0v) is 16.8. The van der Waals surface area contributed by atoms with E-state index in [0.717, 1.165) is 36.1 Å². The molecule has 0 spiro atoms. The van der Waals surface area contributed by atoms with Gasteiger partial charge in [-0.1, -0.05) is 23.2 Å². The van der Waals surface area contributed by atoms with E-state index < -0.39 is 5.97 Å². The Kier molecular flexibility index (Phi) is 6.63. The van der Waals surface area contributed by atoms with Crippen LogP contribution in [0.5, 0.6) is 5.75 Å². The van der Waals surface area contributed by atoms with Crippen molar-refractivity contribution in [3.8, 4) is 5.75 Å². The second-order valence-electron chi connectivity index (χ2n) is 6.30. The highest BCUT2D eigenvalue weighted by molar-refractivity contribution is 7.17. The summed E-state index contributed by atoms with van der Waals surface area (Å²) in [5.41, 5.74) is 1.14. The number of thiophene rings is 1. The molecule has 2 N–H and O–H groups in total. The number of carbonyl (C=O) groups excluding carboxylic acids is 1. The number of halogens is 2. The van der Waals surface area contributed by atoms with Gasteiger partial charge in [0.05, 0.1) is 17.2 Å². The second-order valence-corrected chi connectivity index (χ2v) is 8.24. The molecule has 0 fully saturated rings. The molecule has 0 unspecified atom stereocenters. The van der Waals surface area contributed by atoms with Crippen LogP contribution in [0.25, 0.3) is 0 Å². The number of carbonyl (C=O) groups is 2. The van der Waals surface area contributed by atoms with Gasteiger partial charge >= 0.3 is 5.97 Å². The molecule has 2 aromatic rings. The van der Waals surface area contributed by atoms with E-state index in [-0.39, 0.29) is 17.9 Å². The molecule has 0 aliphatic heterocycles. The maximum atomic E-state index is 12.2. The SMILES string of the molecule is O=C(CCCOc1ccc(Cl)cc1Cl)Nc1sc2c(c1C(=O)O)CCCC2. The van der Waals surface area contributed by atoms with Gasteiger partial charge in [-0.2, -0.15) is 0 Å². The van der Waals surface area contributed by atoms with Gasteiger partial charge in [-0.25, -0.2) is 4.79 Å². The fourth-order valence-corrected chi connectivity index (χ4v) is 4.84. The lowest BCUT2D eigenvalue weighted by Gasteiger charge is -2.10. The summed E-state index contributed by atoms with van der Waals surface area (Å²) in [6, 6.07) is 4.96. The van der Waals surface area contributed by atoms with Gasteiger partial charge in [0.1, 0.15) is 10.8 Å². The minimum Gasteiger partial charge on any atom is -0.492 e. The highest BCUT2D eigenvalue weighted by Crippen LogP contribution is 2.38. The molecule has 1 aromatic heterocycles. The number of aryl methyl sites for hydroxylation is 1. The summed E-state index contributed by atoms with van der Waals surface area (Å²) in [6.07, 6.45) is 4.41. The Balaban J connectivity index is 1.54. The number of carboxylic acid groups (broad SMARTS) is 1. The van der Waals surface area contributed by atoms with Crippen molar-refractivity contribution >= 4 is 51.4 Å². The summed E-state index contributed by atoms with van der Waals surface area (Å²) in [5.74, 6) is -0.687. The van der Waals surface area contributed by atoms with E-state index in [2.05, 4.69) is 5.32 Å². The van der Waals surface area contributed by atoms with Gasteiger partial charge in [0.25, 0.3) is 0 Å². The first kappa shape index (κ1) is 20.0. The van der Waals surface area contributed by atoms with Crippen molar-refractivity contribution < 1.29 is 19.4 Å². The molecule has 8 heteroatoms. The zero-order valence-electron chi connectivity index (χ0n) is 14.5. The predicted octanol–water partition coefficient (Wildman–Crippen LogP) is 5.43. The van der Waals surface area contributed by atoms with E-state index in [9.17, 15) is 14.7 Å². The lowest BCUT2D eigenvalue weighted by molar-refractivity contribution is -0.116. The number of amides is 1. The standard InChI is InChI=1S/C19H19Cl2NO4S/c20-11-7-8-14(13(21)10-11)26-9-3-6-16(23)22-18-17(19(24)25)12-4-1-2-5-15(12)27-18/h7-8,10H,1-6,9H2,(H,22,23)(H,24,25). The van der Waals surface area contributed by atoms with Crippen LogP contribution in [0.15, 0.2) is 18.2 Å². The average Bonchev–Trinajstić information content (AvgIpc) is 2.98. The topological polar surface area (TPSA) is 75.6 Å². The summed E-state index contributed by atoms with van der Waals surface area (Å²) in [5, 5.41) is 13.7. The van der Waals surface area contributed by atoms with Crippen molar-refractivity contribution in [3.05, 3.63) is 44.2 Å². The minimum atomic E-state index is -0.981. The molecular weight excluding hydrogens is 409 g/mol. The lowest BCUT2D eigenvalue weighted by atomic mass is 9.95. The van der Waals surface area contributed by atoms with Gasteiger partial charge < -0.3 is 15.2 Å². The van der Waals surface area contributed by atoms with Crippen LogP contribution in [0.4, 0.5) is 5.00 Å². The first-order valence-electron chi connectivity index (χ1n) is 8.71. The highest BCUT2D eigenvalue weighted by Gasteiger charge is 2.25. The summed E-state index contributed by atoms with van der Waals surface area (Å²) in [4.78, 5) is 24.9. The number of hydrogen-bond acceptors (Lipinski definition) is 4. The van der Waals surface area contributed by atoms with E-state index in [1.54, 1.807) is 18.2 Å². The normalized spacial score (nSPS) is 13.1. The lowest BCUT2D eigenvalue weighted by Crippen LogP contribution is -2.14. The van der Waals surface area contributed by atoms with Crippen LogP contribution in [0.3, 0.4) is 0 Å². The number of aromatic carboxylic acids is 1. The third-order valence-electron chi connectivity index (χ3n) is 4.34. The Morgan fingerprint density at radius 1 is 1.22 bits per heavy atom. The molecule has 1 heterocycles. The maximum Gasteiger partial charge on any atom is 0.339 e. The molecule has 27 heavy (non-hydrogen) atoms. The zero-order chi connectivity index (χ0) is 19.4. The van der Waals surface area contributed by atoms with Crippen LogP contribution in [-0.4, -0.2) is 23.6 Å². The van der Waals surface area contributed by atoms with Crippen molar-refractivity contribution in [1.29, 1.82) is 0 Å². The third kappa shape index (κ3) is 4.94. The fourth-order valence-electron chi connectivity index (χ4n) is 3.08. The molecule has 1 aliphatic rings. The van der Waals surface area contributed by atoms with Gasteiger partial charge in [-0.15, -0.1) is 11.3 Å². The van der Waals surface area contributed by atoms with Crippen LogP contribution in [0, 0.1) is 0 Å². The molecule has 5 nitrogen and oxygen atoms in total. The first-order valence-corrected chi connectivity index (χ1v) is 10.3. The number of hydrogen-bond donors (Lipinski definition) is 2. The molecule has 0 radical (unpaired) electrons. The number of benzene rings is 1. The third-order valence-corrected chi connectivity index (χ3v) is 6.08. The summed E-state index contributed by atoms with van der Waals surface area (Å²) in [7, 11) is 0. The van der Waals surface area contributed by atoms with E-state index in [1.807, 2.05) is 0 Å². The van der Waals surface area contributed by atoms with E-state index >= 15 is 0 Å². The Hall–Kier alpha value is -1.76. The molecule has 3 rings (SSSR count). The van der Waals surface area contributed by atoms with Crippen molar-refractivity contribution in [3.63, 3.8) is 0 Å². The average molecular weight is 428 g/mol. The van der Waals surface area contributed by atoms with Crippen LogP contribution >= 0.6 is 34.5 Å². The Bertz CT molecular complexity index is 866. The van der Waals surface area contributed by atoms with Crippen LogP contribution in [0.2, 0.25) is 10.0 Å². The minimum absolute atomic E-state index is 0.220. The molecule has 0 saturated carbocycles. The number of nitrogens with one attached hydrogen (secondary N) is 1. The van der Waals surface area contributed by atoms with Gasteiger partial charge in [-0.3, -0.25) is 4.79 Å². The summed E-state index contributed by atoms with van der Waals surface area (Å²) >= 11 is 13.3. The number of rotatable bonds is 7. The fraction of sp³-hybridized carbons (Fsp3) is 0.368. The molecular formula is C19H19Cl2NO4S. The van der Waals surface area contributed by atoms with E-state index in [4.69, 9.17) is 27.9 Å². The molecule has 0 bridgehead atoms. The quantitative estimate of drug-likeness (QED) is 0.577. The number of ether oxygens (including phenoxy) is 1. The molecule has 0 saturated heterocycles. The van der Waals surface area contributed by atoms with E-state index in [1.165, 1.54) is 11.3 Å². The molecule has 0 atom stereocenters. The number of anilines is 1. The Labute approximate surface area is 171 Å². The molecule has 1 amide bonds. The first-order chi connectivity index (χ1) is 13.0. The Morgan fingerprint density at radius 3 is 2.74 bits per heavy atom. The second kappa shape index (κ2) is 8.95. The van der Waals surface area contributed by atoms with Crippen molar-refractivity contribution in [2.75, 3.05) is 11.9 Å². The number of carboxylic acids is 1. The van der Waals surface area contributed by atoms with Crippen LogP contribution in [-0.2, 0) is 17.6 Å². The van der Waals surface area contributed by atoms with Crippen LogP contribution in [0.1, 0.15) is 46.5 Å². The van der Waals surface area contributed by atoms with Gasteiger partial charge in [-0.05, 0) is 55.9 Å². The Morgan fingerprint density at radius 2 is 2.00 bits per heavy atom. The van der Waals surface area contributed by atoms with Crippen LogP contribution < -0.4 is 10.1 Å². The monoisotopic (exact) mass is 427 g/mol. The summed E-state index contributed by atoms with van der Waals surface area (Å²) in [6.45, 7) is 0.321. The molecule has 144 valence electrons. The molecule has 1 aliphatic carbocycles. The highest BCUT2D eigenvalue weighted by atomic mass is 35.5. The van der Waals surface area contributed by atoms with E-state index in [0.29, 0.717) is 33.8 Å². The maximum absolute atomic E-state index is 12.2. The van der Waals surface area contributed by atoms with Crippen molar-refractivity contribution in [2.45, 2.75) is 38.5 Å². The summed E-state index contributed by atoms with van der Waals surface area (Å²) < 4.78 is 5.56. The molecule has 1 aromatic carbocycles. The van der Waals surface area contributed by atoms with Gasteiger partial charge in [0, 0.05) is 16.3 Å². The van der Waals surface area contributed by atoms with Crippen molar-refractivity contribution in [2.24, 2.45) is 0 Å². The largest absolute Gasteiger partial charge is 0.492 e. The van der Waals surface area contributed by atoms with Crippen molar-refractivity contribution in [1.82, 2.24) is 0 Å². The van der Waals surface area contributed by atoms with Gasteiger partial charge in [0.15, 0.2) is 0 Å². The smallest absolute Gasteiger partial charge is 0.339 e. The number of fused-ring (bicyclic) bond motifs is 1.